The molecule has 50 heavy (non-hydrogen) atoms. The average Bonchev–Trinajstić information content (AvgIpc) is 3.44. The van der Waals surface area contributed by atoms with Gasteiger partial charge in [-0.2, -0.15) is 0 Å². The van der Waals surface area contributed by atoms with E-state index >= 15 is 0 Å². The smallest absolute Gasteiger partial charge is 0.411 e. The van der Waals surface area contributed by atoms with Crippen molar-refractivity contribution in [1.29, 1.82) is 0 Å². The number of carbonyl (C=O) groups is 2. The number of fused-ring (bicyclic) bond motifs is 3. The molecule has 11 heteroatoms. The van der Waals surface area contributed by atoms with Crippen molar-refractivity contribution in [3.8, 4) is 22.4 Å². The SMILES string of the molecule is CC(C)(C)OC(=O)N1CCC[C@@]2(c3nc4ccc(-c5ccc6cc(-c7cnc([C@@H]8CCCN8C(=O)OC(C)(C)C)[nH]7)ccc6c5)cc4[nH]3)SC12. The number of nitrogens with zero attached hydrogens (tertiary/aromatic N) is 4. The quantitative estimate of drug-likeness (QED) is 0.181. The lowest BCUT2D eigenvalue weighted by Gasteiger charge is -2.31. The number of thioether (sulfide) groups is 1. The summed E-state index contributed by atoms with van der Waals surface area (Å²) in [6.07, 6.45) is 4.98. The molecule has 0 aliphatic carbocycles. The molecule has 10 nitrogen and oxygen atoms in total. The molecule has 3 aromatic carbocycles. The van der Waals surface area contributed by atoms with Gasteiger partial charge in [-0.15, -0.1) is 11.8 Å². The van der Waals surface area contributed by atoms with Gasteiger partial charge in [0, 0.05) is 18.7 Å². The van der Waals surface area contributed by atoms with Gasteiger partial charge in [0.15, 0.2) is 0 Å². The van der Waals surface area contributed by atoms with Crippen LogP contribution in [0.5, 0.6) is 0 Å². The summed E-state index contributed by atoms with van der Waals surface area (Å²) in [7, 11) is 0. The molecule has 3 saturated heterocycles. The van der Waals surface area contributed by atoms with Gasteiger partial charge in [0.05, 0.1) is 29.0 Å². The molecule has 5 aromatic rings. The molecule has 8 rings (SSSR count). The number of likely N-dealkylation sites (tertiary alicyclic amines) is 2. The predicted molar refractivity (Wildman–Crippen MR) is 197 cm³/mol. The molecule has 2 amide bonds. The van der Waals surface area contributed by atoms with Crippen molar-refractivity contribution in [3.63, 3.8) is 0 Å². The first kappa shape index (κ1) is 32.7. The third kappa shape index (κ3) is 6.10. The molecular formula is C39H44N6O4S. The topological polar surface area (TPSA) is 116 Å². The van der Waals surface area contributed by atoms with E-state index < -0.39 is 11.2 Å². The molecule has 1 unspecified atom stereocenters. The molecule has 3 fully saturated rings. The van der Waals surface area contributed by atoms with Crippen LogP contribution in [0.1, 0.15) is 84.9 Å². The highest BCUT2D eigenvalue weighted by Gasteiger charge is 2.64. The molecule has 260 valence electrons. The predicted octanol–water partition coefficient (Wildman–Crippen LogP) is 9.14. The Morgan fingerprint density at radius 1 is 0.820 bits per heavy atom. The summed E-state index contributed by atoms with van der Waals surface area (Å²) < 4.78 is 11.1. The summed E-state index contributed by atoms with van der Waals surface area (Å²) in [4.78, 5) is 46.3. The molecular weight excluding hydrogens is 649 g/mol. The molecule has 3 aliphatic heterocycles. The fraction of sp³-hybridized carbons (Fsp3) is 0.436. The van der Waals surface area contributed by atoms with Crippen LogP contribution in [-0.2, 0) is 14.2 Å². The number of amides is 2. The highest BCUT2D eigenvalue weighted by atomic mass is 32.2. The van der Waals surface area contributed by atoms with Crippen molar-refractivity contribution in [2.45, 2.75) is 94.6 Å². The number of ether oxygens (including phenoxy) is 2. The van der Waals surface area contributed by atoms with Crippen LogP contribution >= 0.6 is 11.8 Å². The van der Waals surface area contributed by atoms with E-state index in [2.05, 4.69) is 69.5 Å². The Labute approximate surface area is 296 Å². The van der Waals surface area contributed by atoms with Gasteiger partial charge in [-0.3, -0.25) is 9.80 Å². The van der Waals surface area contributed by atoms with Crippen LogP contribution in [0, 0.1) is 0 Å². The first-order valence-electron chi connectivity index (χ1n) is 17.5. The number of benzene rings is 3. The van der Waals surface area contributed by atoms with E-state index in [1.54, 1.807) is 16.7 Å². The largest absolute Gasteiger partial charge is 0.444 e. The minimum absolute atomic E-state index is 0.0412. The summed E-state index contributed by atoms with van der Waals surface area (Å²) in [6, 6.07) is 19.2. The second kappa shape index (κ2) is 11.8. The fourth-order valence-corrected chi connectivity index (χ4v) is 8.79. The summed E-state index contributed by atoms with van der Waals surface area (Å²) in [5.74, 6) is 1.72. The molecule has 0 spiro atoms. The lowest BCUT2D eigenvalue weighted by Crippen LogP contribution is -2.44. The summed E-state index contributed by atoms with van der Waals surface area (Å²) >= 11 is 1.79. The second-order valence-corrected chi connectivity index (χ2v) is 17.2. The Balaban J connectivity index is 0.997. The van der Waals surface area contributed by atoms with E-state index in [0.29, 0.717) is 13.1 Å². The number of nitrogens with one attached hydrogen (secondary N) is 2. The Morgan fingerprint density at radius 3 is 2.20 bits per heavy atom. The third-order valence-corrected chi connectivity index (χ3v) is 11.3. The number of H-pyrrole nitrogens is 2. The Morgan fingerprint density at radius 2 is 1.46 bits per heavy atom. The zero-order chi connectivity index (χ0) is 35.0. The summed E-state index contributed by atoms with van der Waals surface area (Å²) in [6.45, 7) is 12.8. The zero-order valence-corrected chi connectivity index (χ0v) is 30.3. The van der Waals surface area contributed by atoms with E-state index in [4.69, 9.17) is 14.5 Å². The lowest BCUT2D eigenvalue weighted by atomic mass is 9.97. The van der Waals surface area contributed by atoms with Gasteiger partial charge in [-0.05, 0) is 113 Å². The number of imidazole rings is 2. The number of rotatable bonds is 4. The molecule has 2 N–H and O–H groups in total. The zero-order valence-electron chi connectivity index (χ0n) is 29.5. The number of hydrogen-bond acceptors (Lipinski definition) is 7. The van der Waals surface area contributed by atoms with Gasteiger partial charge < -0.3 is 19.4 Å². The first-order valence-corrected chi connectivity index (χ1v) is 18.4. The Bertz CT molecular complexity index is 2130. The maximum Gasteiger partial charge on any atom is 0.411 e. The van der Waals surface area contributed by atoms with Crippen LogP contribution in [0.3, 0.4) is 0 Å². The van der Waals surface area contributed by atoms with Gasteiger partial charge in [0.1, 0.15) is 33.0 Å². The van der Waals surface area contributed by atoms with E-state index in [-0.39, 0.29) is 28.3 Å². The van der Waals surface area contributed by atoms with Crippen LogP contribution in [0.15, 0.2) is 60.8 Å². The van der Waals surface area contributed by atoms with Crippen molar-refractivity contribution in [3.05, 3.63) is 72.4 Å². The Hall–Kier alpha value is -4.51. The molecule has 0 bridgehead atoms. The van der Waals surface area contributed by atoms with Crippen LogP contribution in [0.4, 0.5) is 9.59 Å². The van der Waals surface area contributed by atoms with Gasteiger partial charge in [0.25, 0.3) is 0 Å². The third-order valence-electron chi connectivity index (χ3n) is 9.68. The maximum atomic E-state index is 12.9. The number of aromatic nitrogens is 4. The van der Waals surface area contributed by atoms with Crippen molar-refractivity contribution < 1.29 is 19.1 Å². The number of carbonyl (C=O) groups excluding carboxylic acids is 2. The molecule has 3 aliphatic rings. The van der Waals surface area contributed by atoms with Crippen LogP contribution in [-0.4, -0.2) is 71.6 Å². The maximum absolute atomic E-state index is 12.9. The standard InChI is InChI=1S/C39H44N6O4S/c1-37(2,3)48-35(46)44-17-7-9-31(44)32-40-22-30(41-32)27-13-12-23-19-24(10-11-25(23)20-27)26-14-15-28-29(21-26)43-33(42-28)39-16-8-18-45(34(39)50-39)36(47)49-38(4,5)6/h10-15,19-22,31,34H,7-9,16-18H2,1-6H3,(H,40,41)(H,42,43)/t31-,34?,39-/m0/s1. The summed E-state index contributed by atoms with van der Waals surface area (Å²) in [5, 5.41) is 2.31. The second-order valence-electron chi connectivity index (χ2n) is 15.7. The minimum atomic E-state index is -0.540. The highest BCUT2D eigenvalue weighted by molar-refractivity contribution is 8.08. The van der Waals surface area contributed by atoms with E-state index in [0.717, 1.165) is 81.5 Å². The molecule has 0 radical (unpaired) electrons. The highest BCUT2D eigenvalue weighted by Crippen LogP contribution is 2.66. The first-order chi connectivity index (χ1) is 23.8. The van der Waals surface area contributed by atoms with Crippen LogP contribution in [0.25, 0.3) is 44.2 Å². The van der Waals surface area contributed by atoms with Crippen molar-refractivity contribution in [2.24, 2.45) is 0 Å². The van der Waals surface area contributed by atoms with Gasteiger partial charge in [-0.25, -0.2) is 19.6 Å². The normalized spacial score (nSPS) is 22.2. The lowest BCUT2D eigenvalue weighted by molar-refractivity contribution is 0.0185. The number of hydrogen-bond donors (Lipinski definition) is 2. The van der Waals surface area contributed by atoms with Crippen molar-refractivity contribution in [1.82, 2.24) is 29.7 Å². The van der Waals surface area contributed by atoms with E-state index in [1.165, 1.54) is 0 Å². The summed E-state index contributed by atoms with van der Waals surface area (Å²) in [5.41, 5.74) is 5.05. The van der Waals surface area contributed by atoms with Gasteiger partial charge >= 0.3 is 12.2 Å². The number of piperidine rings is 1. The van der Waals surface area contributed by atoms with Crippen LogP contribution < -0.4 is 0 Å². The van der Waals surface area contributed by atoms with Gasteiger partial charge in [0.2, 0.25) is 0 Å². The Kier molecular flexibility index (Phi) is 7.70. The van der Waals surface area contributed by atoms with E-state index in [9.17, 15) is 9.59 Å². The average molecular weight is 693 g/mol. The molecule has 5 heterocycles. The van der Waals surface area contributed by atoms with Crippen molar-refractivity contribution >= 4 is 45.8 Å². The van der Waals surface area contributed by atoms with Crippen molar-refractivity contribution in [2.75, 3.05) is 13.1 Å². The van der Waals surface area contributed by atoms with Gasteiger partial charge in [-0.1, -0.05) is 30.3 Å². The number of aromatic amines is 2. The molecule has 0 saturated carbocycles. The fourth-order valence-electron chi connectivity index (χ4n) is 7.32. The monoisotopic (exact) mass is 692 g/mol. The molecule has 3 atom stereocenters. The minimum Gasteiger partial charge on any atom is -0.444 e. The van der Waals surface area contributed by atoms with Crippen LogP contribution in [0.2, 0.25) is 0 Å². The van der Waals surface area contributed by atoms with E-state index in [1.807, 2.05) is 52.6 Å². The molecule has 2 aromatic heterocycles.